The van der Waals surface area contributed by atoms with Gasteiger partial charge in [-0.1, -0.05) is 11.6 Å². The predicted molar refractivity (Wildman–Crippen MR) is 67.2 cm³/mol. The molecule has 0 unspecified atom stereocenters. The number of nitrogens with two attached hydrogens (primary N) is 1. The monoisotopic (exact) mass is 259 g/mol. The zero-order chi connectivity index (χ0) is 12.1. The van der Waals surface area contributed by atoms with Crippen molar-refractivity contribution in [3.63, 3.8) is 0 Å². The molecule has 1 aromatic carbocycles. The van der Waals surface area contributed by atoms with Crippen LogP contribution in [0.2, 0.25) is 5.02 Å². The van der Waals surface area contributed by atoms with Gasteiger partial charge >= 0.3 is 0 Å². The summed E-state index contributed by atoms with van der Waals surface area (Å²) in [6, 6.07) is 2.98. The van der Waals surface area contributed by atoms with Gasteiger partial charge in [-0.25, -0.2) is 0 Å². The number of rotatable bonds is 3. The van der Waals surface area contributed by atoms with E-state index in [0.717, 1.165) is 0 Å². The lowest BCUT2D eigenvalue weighted by Gasteiger charge is -2.05. The molecule has 0 aliphatic heterocycles. The molecule has 0 aliphatic carbocycles. The molecule has 0 aliphatic rings. The van der Waals surface area contributed by atoms with Crippen LogP contribution in [0.1, 0.15) is 5.56 Å². The second-order valence-electron chi connectivity index (χ2n) is 2.78. The van der Waals surface area contributed by atoms with E-state index in [4.69, 9.17) is 22.1 Å². The van der Waals surface area contributed by atoms with Crippen molar-refractivity contribution < 1.29 is 9.84 Å². The first-order chi connectivity index (χ1) is 7.54. The molecule has 0 aromatic heterocycles. The Morgan fingerprint density at radius 1 is 1.69 bits per heavy atom. The highest BCUT2D eigenvalue weighted by atomic mass is 35.5. The van der Waals surface area contributed by atoms with Crippen molar-refractivity contribution in [3.8, 4) is 11.5 Å². The van der Waals surface area contributed by atoms with E-state index >= 15 is 0 Å². The van der Waals surface area contributed by atoms with Gasteiger partial charge in [0.1, 0.15) is 11.5 Å². The summed E-state index contributed by atoms with van der Waals surface area (Å²) >= 11 is 10.5. The summed E-state index contributed by atoms with van der Waals surface area (Å²) in [6.07, 6.45) is 1.32. The number of hydrazone groups is 1. The number of thiocarbonyl (C=S) groups is 1. The molecule has 0 saturated carbocycles. The molecule has 16 heavy (non-hydrogen) atoms. The van der Waals surface area contributed by atoms with Gasteiger partial charge in [-0.3, -0.25) is 5.43 Å². The fourth-order valence-electron chi connectivity index (χ4n) is 0.985. The summed E-state index contributed by atoms with van der Waals surface area (Å²) in [5.41, 5.74) is 7.88. The molecule has 0 radical (unpaired) electrons. The van der Waals surface area contributed by atoms with Crippen molar-refractivity contribution >= 4 is 35.1 Å². The van der Waals surface area contributed by atoms with Crippen LogP contribution >= 0.6 is 23.8 Å². The number of hydrogen-bond donors (Lipinski definition) is 3. The standard InChI is InChI=1S/C9H10ClN3O2S/c1-15-5-2-7(10)6(8(14)3-5)4-12-13-9(11)16/h2-4,14H,1H3,(H3,11,13,16). The van der Waals surface area contributed by atoms with Gasteiger partial charge in [0.05, 0.1) is 23.9 Å². The third-order valence-corrected chi connectivity index (χ3v) is 2.09. The number of aromatic hydroxyl groups is 1. The molecule has 0 atom stereocenters. The Kier molecular flexibility index (Phi) is 4.33. The molecule has 1 rings (SSSR count). The van der Waals surface area contributed by atoms with Crippen molar-refractivity contribution in [3.05, 3.63) is 22.7 Å². The summed E-state index contributed by atoms with van der Waals surface area (Å²) < 4.78 is 4.93. The zero-order valence-corrected chi connectivity index (χ0v) is 9.97. The van der Waals surface area contributed by atoms with Crippen LogP contribution in [0.15, 0.2) is 17.2 Å². The van der Waals surface area contributed by atoms with Crippen LogP contribution in [0.4, 0.5) is 0 Å². The van der Waals surface area contributed by atoms with Crippen LogP contribution in [0.5, 0.6) is 11.5 Å². The molecule has 86 valence electrons. The fourth-order valence-corrected chi connectivity index (χ4v) is 1.29. The maximum atomic E-state index is 9.62. The highest BCUT2D eigenvalue weighted by molar-refractivity contribution is 7.80. The SMILES string of the molecule is COc1cc(O)c(C=NNC(N)=S)c(Cl)c1. The average Bonchev–Trinajstić information content (AvgIpc) is 2.21. The molecule has 0 saturated heterocycles. The van der Waals surface area contributed by atoms with E-state index in [1.165, 1.54) is 19.4 Å². The Hall–Kier alpha value is -1.53. The summed E-state index contributed by atoms with van der Waals surface area (Å²) in [5, 5.41) is 13.7. The highest BCUT2D eigenvalue weighted by Gasteiger charge is 2.07. The number of methoxy groups -OCH3 is 1. The lowest BCUT2D eigenvalue weighted by molar-refractivity contribution is 0.407. The molecule has 7 heteroatoms. The first kappa shape index (κ1) is 12.5. The molecule has 0 spiro atoms. The van der Waals surface area contributed by atoms with E-state index in [1.54, 1.807) is 6.07 Å². The third-order valence-electron chi connectivity index (χ3n) is 1.69. The average molecular weight is 260 g/mol. The number of nitrogens with one attached hydrogen (secondary N) is 1. The lowest BCUT2D eigenvalue weighted by atomic mass is 10.2. The van der Waals surface area contributed by atoms with Gasteiger partial charge in [0.25, 0.3) is 0 Å². The van der Waals surface area contributed by atoms with Gasteiger partial charge in [0, 0.05) is 6.07 Å². The van der Waals surface area contributed by atoms with Gasteiger partial charge in [0.15, 0.2) is 5.11 Å². The number of ether oxygens (including phenoxy) is 1. The smallest absolute Gasteiger partial charge is 0.184 e. The molecule has 0 heterocycles. The summed E-state index contributed by atoms with van der Waals surface area (Å²) in [6.45, 7) is 0. The maximum Gasteiger partial charge on any atom is 0.184 e. The van der Waals surface area contributed by atoms with E-state index in [1.807, 2.05) is 0 Å². The van der Waals surface area contributed by atoms with Crippen LogP contribution in [-0.2, 0) is 0 Å². The van der Waals surface area contributed by atoms with Gasteiger partial charge in [0.2, 0.25) is 0 Å². The van der Waals surface area contributed by atoms with Crippen LogP contribution in [0.3, 0.4) is 0 Å². The quantitative estimate of drug-likeness (QED) is 0.432. The number of nitrogens with zero attached hydrogens (tertiary/aromatic N) is 1. The predicted octanol–water partition coefficient (Wildman–Crippen LogP) is 1.22. The molecular weight excluding hydrogens is 250 g/mol. The number of phenolic OH excluding ortho intramolecular Hbond substituents is 1. The summed E-state index contributed by atoms with van der Waals surface area (Å²) in [7, 11) is 1.48. The van der Waals surface area contributed by atoms with E-state index < -0.39 is 0 Å². The van der Waals surface area contributed by atoms with Gasteiger partial charge in [-0.15, -0.1) is 0 Å². The normalized spacial score (nSPS) is 10.4. The second kappa shape index (κ2) is 5.53. The minimum atomic E-state index is -0.0437. The molecular formula is C9H10ClN3O2S. The van der Waals surface area contributed by atoms with Crippen LogP contribution in [0, 0.1) is 0 Å². The number of hydrogen-bond acceptors (Lipinski definition) is 4. The van der Waals surface area contributed by atoms with Gasteiger partial charge in [-0.2, -0.15) is 5.10 Å². The van der Waals surface area contributed by atoms with Crippen LogP contribution < -0.4 is 15.9 Å². The first-order valence-electron chi connectivity index (χ1n) is 4.19. The number of benzene rings is 1. The largest absolute Gasteiger partial charge is 0.507 e. The Balaban J connectivity index is 2.96. The molecule has 0 fully saturated rings. The minimum absolute atomic E-state index is 0.0281. The minimum Gasteiger partial charge on any atom is -0.507 e. The van der Waals surface area contributed by atoms with E-state index in [0.29, 0.717) is 16.3 Å². The van der Waals surface area contributed by atoms with Gasteiger partial charge in [-0.05, 0) is 18.3 Å². The van der Waals surface area contributed by atoms with Crippen molar-refractivity contribution in [2.75, 3.05) is 7.11 Å². The summed E-state index contributed by atoms with van der Waals surface area (Å²) in [4.78, 5) is 0. The molecule has 5 nitrogen and oxygen atoms in total. The van der Waals surface area contributed by atoms with Crippen LogP contribution in [0.25, 0.3) is 0 Å². The second-order valence-corrected chi connectivity index (χ2v) is 3.62. The molecule has 1 aromatic rings. The van der Waals surface area contributed by atoms with Crippen LogP contribution in [-0.4, -0.2) is 23.5 Å². The molecule has 0 bridgehead atoms. The lowest BCUT2D eigenvalue weighted by Crippen LogP contribution is -2.24. The van der Waals surface area contributed by atoms with Crippen molar-refractivity contribution in [1.82, 2.24) is 5.43 Å². The number of phenols is 1. The van der Waals surface area contributed by atoms with E-state index in [-0.39, 0.29) is 10.9 Å². The molecule has 0 amide bonds. The van der Waals surface area contributed by atoms with Gasteiger partial charge < -0.3 is 15.6 Å². The molecule has 4 N–H and O–H groups in total. The Labute approximate surface area is 103 Å². The maximum absolute atomic E-state index is 9.62. The fraction of sp³-hybridized carbons (Fsp3) is 0.111. The number of halogens is 1. The Bertz CT molecular complexity index is 414. The Morgan fingerprint density at radius 3 is 2.88 bits per heavy atom. The summed E-state index contributed by atoms with van der Waals surface area (Å²) in [5.74, 6) is 0.416. The van der Waals surface area contributed by atoms with Crippen molar-refractivity contribution in [1.29, 1.82) is 0 Å². The topological polar surface area (TPSA) is 79.9 Å². The van der Waals surface area contributed by atoms with E-state index in [9.17, 15) is 5.11 Å². The highest BCUT2D eigenvalue weighted by Crippen LogP contribution is 2.29. The van der Waals surface area contributed by atoms with Crippen molar-refractivity contribution in [2.24, 2.45) is 10.8 Å². The zero-order valence-electron chi connectivity index (χ0n) is 8.40. The first-order valence-corrected chi connectivity index (χ1v) is 4.98. The Morgan fingerprint density at radius 2 is 2.38 bits per heavy atom. The third kappa shape index (κ3) is 3.25. The van der Waals surface area contributed by atoms with Crippen molar-refractivity contribution in [2.45, 2.75) is 0 Å². The van der Waals surface area contributed by atoms with E-state index in [2.05, 4.69) is 22.7 Å².